The number of benzene rings is 3. The molecule has 0 aliphatic heterocycles. The molecule has 0 unspecified atom stereocenters. The zero-order chi connectivity index (χ0) is 21.6. The van der Waals surface area contributed by atoms with Gasteiger partial charge >= 0.3 is 0 Å². The third kappa shape index (κ3) is 4.70. The molecule has 1 heterocycles. The number of hydrogen-bond donors (Lipinski definition) is 0. The van der Waals surface area contributed by atoms with Crippen LogP contribution in [0.25, 0.3) is 10.2 Å². The number of fused-ring (bicyclic) bond motifs is 1. The minimum absolute atomic E-state index is 0.0321. The maximum absolute atomic E-state index is 13.3. The molecule has 3 aromatic carbocycles. The topological polar surface area (TPSA) is 51.7 Å². The van der Waals surface area contributed by atoms with Gasteiger partial charge in [-0.3, -0.25) is 9.69 Å². The number of hydrogen-bond acceptors (Lipinski definition) is 5. The fraction of sp³-hybridized carbons (Fsp3) is 0.200. The molecule has 4 aromatic rings. The highest BCUT2D eigenvalue weighted by Gasteiger charge is 2.22. The lowest BCUT2D eigenvalue weighted by Gasteiger charge is -2.20. The van der Waals surface area contributed by atoms with Gasteiger partial charge in [0, 0.05) is 6.42 Å². The molecule has 0 saturated carbocycles. The Hall–Kier alpha value is -3.38. The maximum atomic E-state index is 13.3. The SMILES string of the molecule is COc1ccc(OC)c2sc(N(Cc3ccccc3)C(=O)CCc3ccccc3)nc12. The van der Waals surface area contributed by atoms with Crippen LogP contribution in [0.15, 0.2) is 72.8 Å². The Kier molecular flexibility index (Phi) is 6.48. The zero-order valence-corrected chi connectivity index (χ0v) is 18.4. The van der Waals surface area contributed by atoms with Crippen LogP contribution in [0.2, 0.25) is 0 Å². The molecule has 0 N–H and O–H groups in total. The summed E-state index contributed by atoms with van der Waals surface area (Å²) >= 11 is 1.44. The monoisotopic (exact) mass is 432 g/mol. The van der Waals surface area contributed by atoms with Crippen LogP contribution in [0.5, 0.6) is 11.5 Å². The Morgan fingerprint density at radius 3 is 2.13 bits per heavy atom. The molecule has 0 saturated heterocycles. The van der Waals surface area contributed by atoms with Crippen molar-refractivity contribution in [3.8, 4) is 11.5 Å². The number of carbonyl (C=O) groups is 1. The van der Waals surface area contributed by atoms with E-state index in [-0.39, 0.29) is 5.91 Å². The number of ether oxygens (including phenoxy) is 2. The number of aromatic nitrogens is 1. The lowest BCUT2D eigenvalue weighted by atomic mass is 10.1. The Morgan fingerprint density at radius 1 is 0.871 bits per heavy atom. The zero-order valence-electron chi connectivity index (χ0n) is 17.6. The number of nitrogens with zero attached hydrogens (tertiary/aromatic N) is 2. The molecule has 4 rings (SSSR count). The molecule has 0 fully saturated rings. The van der Waals surface area contributed by atoms with E-state index in [0.29, 0.717) is 35.8 Å². The lowest BCUT2D eigenvalue weighted by Crippen LogP contribution is -2.30. The van der Waals surface area contributed by atoms with Crippen molar-refractivity contribution < 1.29 is 14.3 Å². The minimum atomic E-state index is 0.0321. The van der Waals surface area contributed by atoms with E-state index in [9.17, 15) is 4.79 Å². The molecule has 0 aliphatic rings. The smallest absolute Gasteiger partial charge is 0.229 e. The molecule has 0 radical (unpaired) electrons. The first-order chi connectivity index (χ1) is 15.2. The van der Waals surface area contributed by atoms with Crippen molar-refractivity contribution in [2.75, 3.05) is 19.1 Å². The van der Waals surface area contributed by atoms with Gasteiger partial charge in [-0.15, -0.1) is 0 Å². The van der Waals surface area contributed by atoms with Crippen molar-refractivity contribution in [2.45, 2.75) is 19.4 Å². The van der Waals surface area contributed by atoms with Crippen LogP contribution < -0.4 is 14.4 Å². The summed E-state index contributed by atoms with van der Waals surface area (Å²) in [5, 5.41) is 0.639. The Morgan fingerprint density at radius 2 is 1.48 bits per heavy atom. The summed E-state index contributed by atoms with van der Waals surface area (Å²) in [6.45, 7) is 0.457. The minimum Gasteiger partial charge on any atom is -0.495 e. The van der Waals surface area contributed by atoms with Gasteiger partial charge in [-0.2, -0.15) is 0 Å². The number of anilines is 1. The Bertz CT molecular complexity index is 1120. The average Bonchev–Trinajstić information content (AvgIpc) is 3.27. The summed E-state index contributed by atoms with van der Waals surface area (Å²) in [4.78, 5) is 19.9. The van der Waals surface area contributed by atoms with Gasteiger partial charge in [-0.05, 0) is 29.7 Å². The first-order valence-electron chi connectivity index (χ1n) is 10.1. The lowest BCUT2D eigenvalue weighted by molar-refractivity contribution is -0.118. The second-order valence-corrected chi connectivity index (χ2v) is 8.07. The van der Waals surface area contributed by atoms with E-state index in [4.69, 9.17) is 14.5 Å². The molecule has 6 heteroatoms. The quantitative estimate of drug-likeness (QED) is 0.370. The van der Waals surface area contributed by atoms with Crippen molar-refractivity contribution in [1.29, 1.82) is 0 Å². The molecule has 158 valence electrons. The summed E-state index contributed by atoms with van der Waals surface area (Å²) in [5.41, 5.74) is 2.90. The van der Waals surface area contributed by atoms with Crippen LogP contribution in [0.3, 0.4) is 0 Å². The number of amides is 1. The van der Waals surface area contributed by atoms with Crippen LogP contribution in [0, 0.1) is 0 Å². The molecule has 0 aliphatic carbocycles. The van der Waals surface area contributed by atoms with Gasteiger partial charge in [-0.1, -0.05) is 72.0 Å². The highest BCUT2D eigenvalue weighted by Crippen LogP contribution is 2.40. The van der Waals surface area contributed by atoms with E-state index in [1.165, 1.54) is 11.3 Å². The third-order valence-electron chi connectivity index (χ3n) is 5.08. The maximum Gasteiger partial charge on any atom is 0.229 e. The second kappa shape index (κ2) is 9.62. The highest BCUT2D eigenvalue weighted by atomic mass is 32.1. The van der Waals surface area contributed by atoms with Crippen molar-refractivity contribution in [3.63, 3.8) is 0 Å². The summed E-state index contributed by atoms with van der Waals surface area (Å²) in [5.74, 6) is 1.41. The first kappa shape index (κ1) is 20.9. The van der Waals surface area contributed by atoms with Gasteiger partial charge in [0.25, 0.3) is 0 Å². The number of carbonyl (C=O) groups excluding carboxylic acids is 1. The molecule has 31 heavy (non-hydrogen) atoms. The largest absolute Gasteiger partial charge is 0.495 e. The second-order valence-electron chi connectivity index (χ2n) is 7.10. The van der Waals surface area contributed by atoms with Crippen molar-refractivity contribution >= 4 is 32.6 Å². The standard InChI is InChI=1S/C25H24N2O3S/c1-29-20-14-15-21(30-2)24-23(20)26-25(31-24)27(17-19-11-7-4-8-12-19)22(28)16-13-18-9-5-3-6-10-18/h3-12,14-15H,13,16-17H2,1-2H3. The molecule has 1 aromatic heterocycles. The van der Waals surface area contributed by atoms with Crippen LogP contribution >= 0.6 is 11.3 Å². The molecule has 5 nitrogen and oxygen atoms in total. The molecular weight excluding hydrogens is 408 g/mol. The van der Waals surface area contributed by atoms with Gasteiger partial charge < -0.3 is 9.47 Å². The van der Waals surface area contributed by atoms with Gasteiger partial charge in [0.15, 0.2) is 5.13 Å². The van der Waals surface area contributed by atoms with E-state index in [2.05, 4.69) is 0 Å². The average molecular weight is 433 g/mol. The van der Waals surface area contributed by atoms with Crippen LogP contribution in [-0.4, -0.2) is 25.1 Å². The number of rotatable bonds is 8. The predicted octanol–water partition coefficient (Wildman–Crippen LogP) is 5.48. The molecule has 0 spiro atoms. The summed E-state index contributed by atoms with van der Waals surface area (Å²) in [7, 11) is 3.25. The first-order valence-corrected chi connectivity index (χ1v) is 10.9. The van der Waals surface area contributed by atoms with E-state index in [1.54, 1.807) is 19.1 Å². The Balaban J connectivity index is 1.69. The van der Waals surface area contributed by atoms with Crippen LogP contribution in [-0.2, 0) is 17.8 Å². The van der Waals surface area contributed by atoms with Crippen molar-refractivity contribution in [1.82, 2.24) is 4.98 Å². The summed E-state index contributed by atoms with van der Waals surface area (Å²) in [6, 6.07) is 23.7. The fourth-order valence-electron chi connectivity index (χ4n) is 3.45. The molecule has 0 atom stereocenters. The summed E-state index contributed by atoms with van der Waals surface area (Å²) < 4.78 is 11.9. The summed E-state index contributed by atoms with van der Waals surface area (Å²) in [6.07, 6.45) is 1.09. The van der Waals surface area contributed by atoms with Crippen molar-refractivity contribution in [3.05, 3.63) is 83.9 Å². The normalized spacial score (nSPS) is 10.8. The van der Waals surface area contributed by atoms with Crippen LogP contribution in [0.1, 0.15) is 17.5 Å². The fourth-order valence-corrected chi connectivity index (χ4v) is 4.54. The van der Waals surface area contributed by atoms with E-state index >= 15 is 0 Å². The highest BCUT2D eigenvalue weighted by molar-refractivity contribution is 7.22. The molecular formula is C25H24N2O3S. The Labute approximate surface area is 185 Å². The van der Waals surface area contributed by atoms with E-state index in [1.807, 2.05) is 72.8 Å². The van der Waals surface area contributed by atoms with Gasteiger partial charge in [0.05, 0.1) is 20.8 Å². The third-order valence-corrected chi connectivity index (χ3v) is 6.18. The number of aryl methyl sites for hydroxylation is 1. The van der Waals surface area contributed by atoms with Crippen LogP contribution in [0.4, 0.5) is 5.13 Å². The predicted molar refractivity (Wildman–Crippen MR) is 125 cm³/mol. The molecule has 1 amide bonds. The van der Waals surface area contributed by atoms with E-state index in [0.717, 1.165) is 21.6 Å². The van der Waals surface area contributed by atoms with E-state index < -0.39 is 0 Å². The number of methoxy groups -OCH3 is 2. The molecule has 0 bridgehead atoms. The van der Waals surface area contributed by atoms with Crippen molar-refractivity contribution in [2.24, 2.45) is 0 Å². The van der Waals surface area contributed by atoms with Gasteiger partial charge in [0.1, 0.15) is 21.7 Å². The van der Waals surface area contributed by atoms with Gasteiger partial charge in [0.2, 0.25) is 5.91 Å². The van der Waals surface area contributed by atoms with Gasteiger partial charge in [-0.25, -0.2) is 4.98 Å². The number of thiazole rings is 1.